The summed E-state index contributed by atoms with van der Waals surface area (Å²) in [6.07, 6.45) is 3.86. The van der Waals surface area contributed by atoms with E-state index in [1.54, 1.807) is 41.5 Å². The third-order valence-corrected chi connectivity index (χ3v) is 9.29. The largest absolute Gasteiger partial charge is 0.324 e. The minimum Gasteiger partial charge on any atom is -0.324 e. The Kier molecular flexibility index (Phi) is 8.34. The van der Waals surface area contributed by atoms with Crippen molar-refractivity contribution in [3.63, 3.8) is 0 Å². The van der Waals surface area contributed by atoms with Crippen LogP contribution >= 0.6 is 0 Å². The Morgan fingerprint density at radius 3 is 1.38 bits per heavy atom. The number of rotatable bonds is 9. The van der Waals surface area contributed by atoms with E-state index in [1.807, 2.05) is 0 Å². The van der Waals surface area contributed by atoms with E-state index in [2.05, 4.69) is 109 Å². The molecule has 10 aromatic heterocycles. The van der Waals surface area contributed by atoms with E-state index in [9.17, 15) is 10.5 Å². The molecular weight excluding hydrogens is 815 g/mol. The summed E-state index contributed by atoms with van der Waals surface area (Å²) < 4.78 is 7.88. The predicted molar refractivity (Wildman–Crippen MR) is 212 cm³/mol. The lowest BCUT2D eigenvalue weighted by Gasteiger charge is -2.11. The maximum atomic E-state index is 10.2. The van der Waals surface area contributed by atoms with Crippen molar-refractivity contribution in [3.05, 3.63) is 81.8 Å². The van der Waals surface area contributed by atoms with Crippen LogP contribution in [0.4, 0.5) is 40.2 Å². The summed E-state index contributed by atoms with van der Waals surface area (Å²) in [6.45, 7) is 18.5. The molecule has 0 aliphatic rings. The fourth-order valence-corrected chi connectivity index (χ4v) is 6.47. The first-order valence-electron chi connectivity index (χ1n) is 18.4. The van der Waals surface area contributed by atoms with Crippen LogP contribution < -0.4 is 0 Å². The Labute approximate surface area is 349 Å². The van der Waals surface area contributed by atoms with Gasteiger partial charge < -0.3 is 15.0 Å². The van der Waals surface area contributed by atoms with Gasteiger partial charge in [0.25, 0.3) is 11.6 Å². The van der Waals surface area contributed by atoms with Crippen LogP contribution in [0.3, 0.4) is 0 Å². The minimum absolute atomic E-state index is 0.0159. The standard InChI is InChI=1S/C34H25N29/c1-14-25(31-41-17(4)55-61(31)52-14)46-49-28-20(9-35)11-38-58(28)23-8-24(59-30(22(37-7)13-40-59)51-48-27-16(3)54-63-33(27)43-19(6)57-63)45-34(44-23)60-29(21(10-36)12-39-60)50-47-26-15(2)53-62-32(26)42-18(5)56-62/h8,11-13H,1-6H3,(H,41,55)(H,42,56)(H,43,57)/b49-46+,50-47+,51-48+. The second-order valence-electron chi connectivity index (χ2n) is 13.6. The third kappa shape index (κ3) is 6.10. The van der Waals surface area contributed by atoms with Crippen molar-refractivity contribution in [2.24, 2.45) is 30.7 Å². The molecule has 0 bridgehead atoms. The van der Waals surface area contributed by atoms with Gasteiger partial charge in [0.1, 0.15) is 40.7 Å². The first-order valence-corrected chi connectivity index (χ1v) is 18.4. The minimum atomic E-state index is -0.170. The van der Waals surface area contributed by atoms with Crippen molar-refractivity contribution in [1.29, 1.82) is 10.5 Å². The molecule has 0 saturated heterocycles. The van der Waals surface area contributed by atoms with Crippen molar-refractivity contribution in [2.75, 3.05) is 0 Å². The average molecular weight is 840 g/mol. The highest BCUT2D eigenvalue weighted by Gasteiger charge is 2.24. The van der Waals surface area contributed by atoms with E-state index < -0.39 is 0 Å². The van der Waals surface area contributed by atoms with Crippen molar-refractivity contribution >= 4 is 57.1 Å². The van der Waals surface area contributed by atoms with Gasteiger partial charge in [0.2, 0.25) is 0 Å². The zero-order valence-corrected chi connectivity index (χ0v) is 33.4. The first kappa shape index (κ1) is 37.3. The molecule has 0 fully saturated rings. The van der Waals surface area contributed by atoms with Crippen LogP contribution in [0.5, 0.6) is 0 Å². The number of aromatic amines is 3. The quantitative estimate of drug-likeness (QED) is 0.119. The van der Waals surface area contributed by atoms with Gasteiger partial charge in [-0.15, -0.1) is 59.9 Å². The topological polar surface area (TPSA) is 343 Å². The van der Waals surface area contributed by atoms with E-state index in [-0.39, 0.29) is 51.9 Å². The Morgan fingerprint density at radius 2 is 0.937 bits per heavy atom. The lowest BCUT2D eigenvalue weighted by atomic mass is 10.3. The third-order valence-electron chi connectivity index (χ3n) is 9.29. The molecule has 0 spiro atoms. The van der Waals surface area contributed by atoms with E-state index in [0.717, 1.165) is 0 Å². The number of nitrogens with zero attached hydrogens (tertiary/aromatic N) is 26. The van der Waals surface area contributed by atoms with Crippen LogP contribution in [0.15, 0.2) is 55.3 Å². The van der Waals surface area contributed by atoms with Gasteiger partial charge in [-0.05, 0) is 41.5 Å². The molecular formula is C34H25N29. The molecule has 306 valence electrons. The van der Waals surface area contributed by atoms with Gasteiger partial charge in [-0.1, -0.05) is 0 Å². The molecule has 0 amide bonds. The molecule has 0 atom stereocenters. The van der Waals surface area contributed by atoms with Crippen LogP contribution in [0.25, 0.3) is 39.4 Å². The van der Waals surface area contributed by atoms with E-state index in [0.29, 0.717) is 68.6 Å². The van der Waals surface area contributed by atoms with Crippen molar-refractivity contribution in [2.45, 2.75) is 41.5 Å². The number of nitriles is 2. The molecule has 63 heavy (non-hydrogen) atoms. The number of azo groups is 3. The van der Waals surface area contributed by atoms with Crippen LogP contribution in [-0.4, -0.2) is 98.7 Å². The molecule has 0 aliphatic heterocycles. The zero-order chi connectivity index (χ0) is 43.7. The highest BCUT2D eigenvalue weighted by Crippen LogP contribution is 2.35. The fraction of sp³-hybridized carbons (Fsp3) is 0.176. The summed E-state index contributed by atoms with van der Waals surface area (Å²) in [5.74, 6) is 1.58. The van der Waals surface area contributed by atoms with Crippen LogP contribution in [0.2, 0.25) is 0 Å². The van der Waals surface area contributed by atoms with E-state index in [4.69, 9.17) is 16.5 Å². The highest BCUT2D eigenvalue weighted by atomic mass is 15.5. The predicted octanol–water partition coefficient (Wildman–Crippen LogP) is 5.54. The number of aromatic nitrogens is 20. The number of hydrogen-bond donors (Lipinski definition) is 3. The van der Waals surface area contributed by atoms with Gasteiger partial charge in [0, 0.05) is 6.07 Å². The number of hydrogen-bond acceptors (Lipinski definition) is 19. The first-order chi connectivity index (χ1) is 30.5. The Bertz CT molecular complexity index is 3300. The van der Waals surface area contributed by atoms with Gasteiger partial charge in [-0.2, -0.15) is 60.4 Å². The van der Waals surface area contributed by atoms with Gasteiger partial charge in [0.05, 0.1) is 42.2 Å². The maximum absolute atomic E-state index is 10.2. The van der Waals surface area contributed by atoms with Gasteiger partial charge in [-0.3, -0.25) is 0 Å². The molecule has 0 unspecified atom stereocenters. The number of fused-ring (bicyclic) bond motifs is 3. The normalized spacial score (nSPS) is 12.0. The molecule has 29 nitrogen and oxygen atoms in total. The Morgan fingerprint density at radius 1 is 0.540 bits per heavy atom. The molecule has 10 heterocycles. The molecule has 0 saturated carbocycles. The summed E-state index contributed by atoms with van der Waals surface area (Å²) in [5.41, 5.74) is 4.20. The maximum Gasteiger partial charge on any atom is 0.256 e. The molecule has 10 rings (SSSR count). The smallest absolute Gasteiger partial charge is 0.256 e. The van der Waals surface area contributed by atoms with Crippen molar-refractivity contribution in [3.8, 4) is 29.7 Å². The van der Waals surface area contributed by atoms with Crippen LogP contribution in [-0.2, 0) is 0 Å². The summed E-state index contributed by atoms with van der Waals surface area (Å²) >= 11 is 0. The lowest BCUT2D eigenvalue weighted by Crippen LogP contribution is -2.11. The summed E-state index contributed by atoms with van der Waals surface area (Å²) in [6, 6.07) is 5.64. The number of H-pyrrole nitrogens is 3. The molecule has 0 aromatic carbocycles. The van der Waals surface area contributed by atoms with Crippen molar-refractivity contribution < 1.29 is 0 Å². The summed E-state index contributed by atoms with van der Waals surface area (Å²) in [5, 5.41) is 86.4. The average Bonchev–Trinajstić information content (AvgIpc) is 4.14. The van der Waals surface area contributed by atoms with E-state index >= 15 is 0 Å². The lowest BCUT2D eigenvalue weighted by molar-refractivity contribution is 0.746. The molecule has 0 radical (unpaired) electrons. The Balaban J connectivity index is 1.16. The van der Waals surface area contributed by atoms with Gasteiger partial charge in [-0.25, -0.2) is 9.53 Å². The second-order valence-corrected chi connectivity index (χ2v) is 13.6. The Hall–Kier alpha value is -9.98. The fourth-order valence-electron chi connectivity index (χ4n) is 6.47. The summed E-state index contributed by atoms with van der Waals surface area (Å²) in [7, 11) is 0. The van der Waals surface area contributed by atoms with Gasteiger partial charge in [0.15, 0.2) is 63.1 Å². The molecule has 10 aromatic rings. The summed E-state index contributed by atoms with van der Waals surface area (Å²) in [4.78, 5) is 22.5. The van der Waals surface area contributed by atoms with Crippen LogP contribution in [0, 0.1) is 70.8 Å². The van der Waals surface area contributed by atoms with Crippen LogP contribution in [0.1, 0.15) is 45.7 Å². The van der Waals surface area contributed by atoms with Gasteiger partial charge >= 0.3 is 0 Å². The zero-order valence-electron chi connectivity index (χ0n) is 33.4. The van der Waals surface area contributed by atoms with E-state index in [1.165, 1.54) is 52.6 Å². The molecule has 0 aliphatic carbocycles. The SMILES string of the molecule is [C-]#[N+]c1cnn(-c2cc(-n3ncc(C#N)c3/N=N/c3c(C)nn4nc(C)[nH]c34)nc(-n3ncc(C#N)c3/N=N/c3c(C)nn4nc(C)[nH]c34)n2)c1/N=N/c1c(C)nn2nc(C)[nH]c12. The number of nitrogens with one attached hydrogen (secondary N) is 3. The van der Waals surface area contributed by atoms with Crippen molar-refractivity contribution in [1.82, 2.24) is 98.7 Å². The molecule has 29 heteroatoms. The molecule has 3 N–H and O–H groups in total. The monoisotopic (exact) mass is 839 g/mol. The second kappa shape index (κ2) is 14.1. The number of aryl methyl sites for hydroxylation is 6. The highest BCUT2D eigenvalue weighted by molar-refractivity contribution is 5.69.